The molecule has 3 aromatic rings. The monoisotopic (exact) mass is 370 g/mol. The van der Waals surface area contributed by atoms with Crippen LogP contribution in [0.2, 0.25) is 0 Å². The van der Waals surface area contributed by atoms with E-state index < -0.39 is 27.1 Å². The summed E-state index contributed by atoms with van der Waals surface area (Å²) in [6.45, 7) is 0. The highest BCUT2D eigenvalue weighted by Crippen LogP contribution is 2.28. The van der Waals surface area contributed by atoms with E-state index in [0.29, 0.717) is 5.69 Å². The molecule has 0 saturated heterocycles. The molecule has 0 spiro atoms. The minimum Gasteiger partial charge on any atom is -0.298 e. The number of hydrogen-bond donors (Lipinski definition) is 1. The number of anilines is 1. The Hall–Kier alpha value is -3.66. The van der Waals surface area contributed by atoms with Crippen molar-refractivity contribution in [3.05, 3.63) is 79.7 Å². The molecule has 9 nitrogen and oxygen atoms in total. The van der Waals surface area contributed by atoms with E-state index in [4.69, 9.17) is 0 Å². The van der Waals surface area contributed by atoms with E-state index in [2.05, 4.69) is 10.3 Å². The number of aromatic nitrogens is 1. The first-order valence-electron chi connectivity index (χ1n) is 7.21. The highest BCUT2D eigenvalue weighted by atomic mass is 32.1. The van der Waals surface area contributed by atoms with Gasteiger partial charge in [-0.05, 0) is 6.07 Å². The first kappa shape index (κ1) is 17.2. The lowest BCUT2D eigenvalue weighted by Crippen LogP contribution is -2.14. The van der Waals surface area contributed by atoms with Gasteiger partial charge in [0, 0.05) is 17.0 Å². The SMILES string of the molecule is O=C(Nc1nc(-c2ccccc2)cs1)c1ccc([N+](=O)[O-])cc1[N+](=O)[O-]. The van der Waals surface area contributed by atoms with Crippen LogP contribution in [0.25, 0.3) is 11.3 Å². The lowest BCUT2D eigenvalue weighted by molar-refractivity contribution is -0.394. The number of carbonyl (C=O) groups is 1. The van der Waals surface area contributed by atoms with Crippen molar-refractivity contribution in [1.29, 1.82) is 0 Å². The zero-order valence-electron chi connectivity index (χ0n) is 13.0. The van der Waals surface area contributed by atoms with Crippen molar-refractivity contribution in [1.82, 2.24) is 4.98 Å². The third-order valence-electron chi connectivity index (χ3n) is 3.43. The number of nitro benzene ring substituents is 2. The van der Waals surface area contributed by atoms with E-state index in [0.717, 1.165) is 23.8 Å². The maximum Gasteiger partial charge on any atom is 0.289 e. The van der Waals surface area contributed by atoms with Crippen LogP contribution >= 0.6 is 11.3 Å². The van der Waals surface area contributed by atoms with Crippen LogP contribution < -0.4 is 5.32 Å². The van der Waals surface area contributed by atoms with Gasteiger partial charge in [-0.2, -0.15) is 0 Å². The second-order valence-corrected chi connectivity index (χ2v) is 5.93. The minimum absolute atomic E-state index is 0.265. The van der Waals surface area contributed by atoms with Crippen molar-refractivity contribution < 1.29 is 14.6 Å². The molecule has 1 heterocycles. The molecule has 0 aliphatic heterocycles. The molecule has 26 heavy (non-hydrogen) atoms. The predicted molar refractivity (Wildman–Crippen MR) is 95.3 cm³/mol. The molecule has 1 N–H and O–H groups in total. The second-order valence-electron chi connectivity index (χ2n) is 5.07. The summed E-state index contributed by atoms with van der Waals surface area (Å²) in [6, 6.07) is 12.2. The zero-order chi connectivity index (χ0) is 18.7. The first-order chi connectivity index (χ1) is 12.5. The van der Waals surface area contributed by atoms with E-state index in [-0.39, 0.29) is 10.7 Å². The number of thiazole rings is 1. The zero-order valence-corrected chi connectivity index (χ0v) is 13.8. The molecule has 10 heteroatoms. The fourth-order valence-corrected chi connectivity index (χ4v) is 2.93. The predicted octanol–water partition coefficient (Wildman–Crippen LogP) is 3.88. The summed E-state index contributed by atoms with van der Waals surface area (Å²) in [6.07, 6.45) is 0. The molecular formula is C16H10N4O5S. The van der Waals surface area contributed by atoms with E-state index >= 15 is 0 Å². The normalized spacial score (nSPS) is 10.3. The molecular weight excluding hydrogens is 360 g/mol. The van der Waals surface area contributed by atoms with Crippen LogP contribution in [0.15, 0.2) is 53.9 Å². The van der Waals surface area contributed by atoms with Crippen molar-refractivity contribution in [2.24, 2.45) is 0 Å². The Morgan fingerprint density at radius 3 is 2.42 bits per heavy atom. The molecule has 0 bridgehead atoms. The van der Waals surface area contributed by atoms with Crippen LogP contribution in [0.3, 0.4) is 0 Å². The highest BCUT2D eigenvalue weighted by Gasteiger charge is 2.24. The summed E-state index contributed by atoms with van der Waals surface area (Å²) >= 11 is 1.17. The summed E-state index contributed by atoms with van der Waals surface area (Å²) in [7, 11) is 0. The Labute approximate surface area is 150 Å². The van der Waals surface area contributed by atoms with Gasteiger partial charge in [-0.1, -0.05) is 30.3 Å². The van der Waals surface area contributed by atoms with Crippen LogP contribution in [-0.4, -0.2) is 20.7 Å². The lowest BCUT2D eigenvalue weighted by atomic mass is 10.1. The molecule has 2 aromatic carbocycles. The number of hydrogen-bond acceptors (Lipinski definition) is 7. The maximum atomic E-state index is 12.3. The molecule has 0 aliphatic carbocycles. The summed E-state index contributed by atoms with van der Waals surface area (Å²) in [5.74, 6) is -0.763. The molecule has 3 rings (SSSR count). The number of non-ortho nitro benzene ring substituents is 1. The summed E-state index contributed by atoms with van der Waals surface area (Å²) < 4.78 is 0. The second kappa shape index (κ2) is 7.07. The summed E-state index contributed by atoms with van der Waals surface area (Å²) in [4.78, 5) is 36.9. The van der Waals surface area contributed by atoms with E-state index in [1.54, 1.807) is 5.38 Å². The van der Waals surface area contributed by atoms with Crippen LogP contribution in [-0.2, 0) is 0 Å². The topological polar surface area (TPSA) is 128 Å². The smallest absolute Gasteiger partial charge is 0.289 e. The van der Waals surface area contributed by atoms with Crippen molar-refractivity contribution in [2.45, 2.75) is 0 Å². The highest BCUT2D eigenvalue weighted by molar-refractivity contribution is 7.14. The van der Waals surface area contributed by atoms with Crippen LogP contribution in [0, 0.1) is 20.2 Å². The van der Waals surface area contributed by atoms with Gasteiger partial charge in [-0.25, -0.2) is 4.98 Å². The number of benzene rings is 2. The van der Waals surface area contributed by atoms with Gasteiger partial charge in [0.05, 0.1) is 21.6 Å². The molecule has 0 radical (unpaired) electrons. The fraction of sp³-hybridized carbons (Fsp3) is 0. The van der Waals surface area contributed by atoms with Gasteiger partial charge in [-0.3, -0.25) is 30.3 Å². The molecule has 1 aromatic heterocycles. The number of nitro groups is 2. The lowest BCUT2D eigenvalue weighted by Gasteiger charge is -2.03. The number of nitrogens with zero attached hydrogens (tertiary/aromatic N) is 3. The average Bonchev–Trinajstić information content (AvgIpc) is 3.10. The third kappa shape index (κ3) is 3.54. The van der Waals surface area contributed by atoms with Crippen molar-refractivity contribution in [2.75, 3.05) is 5.32 Å². The summed E-state index contributed by atoms with van der Waals surface area (Å²) in [5.41, 5.74) is 0.136. The Morgan fingerprint density at radius 2 is 1.77 bits per heavy atom. The molecule has 0 saturated carbocycles. The fourth-order valence-electron chi connectivity index (χ4n) is 2.21. The number of rotatable bonds is 5. The molecule has 0 unspecified atom stereocenters. The quantitative estimate of drug-likeness (QED) is 0.536. The van der Waals surface area contributed by atoms with Crippen molar-refractivity contribution >= 4 is 33.8 Å². The summed E-state index contributed by atoms with van der Waals surface area (Å²) in [5, 5.41) is 26.4. The van der Waals surface area contributed by atoms with Gasteiger partial charge in [0.1, 0.15) is 5.56 Å². The molecule has 130 valence electrons. The largest absolute Gasteiger partial charge is 0.298 e. The molecule has 1 amide bonds. The number of carbonyl (C=O) groups excluding carboxylic acids is 1. The number of amides is 1. The van der Waals surface area contributed by atoms with Gasteiger partial charge < -0.3 is 0 Å². The van der Waals surface area contributed by atoms with Crippen molar-refractivity contribution in [3.63, 3.8) is 0 Å². The van der Waals surface area contributed by atoms with Gasteiger partial charge in [0.2, 0.25) is 0 Å². The minimum atomic E-state index is -0.834. The first-order valence-corrected chi connectivity index (χ1v) is 8.09. The Bertz CT molecular complexity index is 1000. The molecule has 0 atom stereocenters. The van der Waals surface area contributed by atoms with Crippen molar-refractivity contribution in [3.8, 4) is 11.3 Å². The van der Waals surface area contributed by atoms with Crippen LogP contribution in [0.5, 0.6) is 0 Å². The Balaban J connectivity index is 1.86. The average molecular weight is 370 g/mol. The molecule has 0 fully saturated rings. The standard InChI is InChI=1S/C16H10N4O5S/c21-15(12-7-6-11(19(22)23)8-14(12)20(24)25)18-16-17-13(9-26-16)10-4-2-1-3-5-10/h1-9H,(H,17,18,21). The van der Waals surface area contributed by atoms with Gasteiger partial charge in [0.25, 0.3) is 17.3 Å². The van der Waals surface area contributed by atoms with Gasteiger partial charge >= 0.3 is 0 Å². The van der Waals surface area contributed by atoms with Crippen LogP contribution in [0.4, 0.5) is 16.5 Å². The van der Waals surface area contributed by atoms with E-state index in [9.17, 15) is 25.0 Å². The van der Waals surface area contributed by atoms with Gasteiger partial charge in [0.15, 0.2) is 5.13 Å². The number of nitrogens with one attached hydrogen (secondary N) is 1. The molecule has 0 aliphatic rings. The van der Waals surface area contributed by atoms with E-state index in [1.165, 1.54) is 11.3 Å². The maximum absolute atomic E-state index is 12.3. The van der Waals surface area contributed by atoms with Crippen LogP contribution in [0.1, 0.15) is 10.4 Å². The Morgan fingerprint density at radius 1 is 1.04 bits per heavy atom. The van der Waals surface area contributed by atoms with Gasteiger partial charge in [-0.15, -0.1) is 11.3 Å². The Kier molecular flexibility index (Phi) is 4.67. The third-order valence-corrected chi connectivity index (χ3v) is 4.19. The van der Waals surface area contributed by atoms with E-state index in [1.807, 2.05) is 30.3 Å².